The van der Waals surface area contributed by atoms with Crippen molar-refractivity contribution in [1.82, 2.24) is 14.4 Å². The van der Waals surface area contributed by atoms with E-state index in [-0.39, 0.29) is 0 Å². The van der Waals surface area contributed by atoms with Crippen LogP contribution in [-0.4, -0.2) is 14.4 Å². The zero-order valence-corrected chi connectivity index (χ0v) is 12.5. The van der Waals surface area contributed by atoms with E-state index < -0.39 is 0 Å². The van der Waals surface area contributed by atoms with E-state index in [1.807, 2.05) is 30.5 Å². The molecule has 0 radical (unpaired) electrons. The second-order valence-electron chi connectivity index (χ2n) is 5.20. The lowest BCUT2D eigenvalue weighted by Gasteiger charge is -2.16. The maximum Gasteiger partial charge on any atom is 0.241 e. The highest BCUT2D eigenvalue weighted by molar-refractivity contribution is 9.10. The van der Waals surface area contributed by atoms with Gasteiger partial charge in [0.15, 0.2) is 0 Å². The molecule has 0 fully saturated rings. The van der Waals surface area contributed by atoms with Crippen LogP contribution in [0.4, 0.5) is 0 Å². The maximum atomic E-state index is 5.98. The Morgan fingerprint density at radius 3 is 3.10 bits per heavy atom. The molecule has 0 spiro atoms. The summed E-state index contributed by atoms with van der Waals surface area (Å²) in [5.41, 5.74) is 5.41. The highest BCUT2D eigenvalue weighted by Gasteiger charge is 2.23. The van der Waals surface area contributed by atoms with Gasteiger partial charge in [-0.1, -0.05) is 15.9 Å². The molecule has 3 aromatic heterocycles. The van der Waals surface area contributed by atoms with Gasteiger partial charge in [0.1, 0.15) is 11.4 Å². The molecule has 4 heterocycles. The first kappa shape index (κ1) is 11.4. The van der Waals surface area contributed by atoms with E-state index in [1.54, 1.807) is 0 Å². The van der Waals surface area contributed by atoms with Crippen LogP contribution in [0.15, 0.2) is 47.1 Å². The van der Waals surface area contributed by atoms with Crippen molar-refractivity contribution in [2.24, 2.45) is 0 Å². The highest BCUT2D eigenvalue weighted by atomic mass is 79.9. The molecule has 0 aliphatic carbocycles. The number of benzene rings is 1. The van der Waals surface area contributed by atoms with Gasteiger partial charge in [0.2, 0.25) is 5.88 Å². The Hall–Kier alpha value is -2.27. The Morgan fingerprint density at radius 2 is 2.14 bits per heavy atom. The average Bonchev–Trinajstić information content (AvgIpc) is 3.07. The van der Waals surface area contributed by atoms with Crippen molar-refractivity contribution >= 4 is 32.6 Å². The molecule has 1 aliphatic heterocycles. The molecule has 1 N–H and O–H groups in total. The molecule has 4 aromatic rings. The number of hydrogen-bond donors (Lipinski definition) is 1. The van der Waals surface area contributed by atoms with Crippen LogP contribution in [0.1, 0.15) is 11.3 Å². The summed E-state index contributed by atoms with van der Waals surface area (Å²) in [5.74, 6) is 1.60. The summed E-state index contributed by atoms with van der Waals surface area (Å²) in [5, 5.41) is 0. The molecule has 1 aliphatic rings. The van der Waals surface area contributed by atoms with Crippen molar-refractivity contribution in [3.63, 3.8) is 0 Å². The predicted octanol–water partition coefficient (Wildman–Crippen LogP) is 4.27. The number of fused-ring (bicyclic) bond motifs is 6. The van der Waals surface area contributed by atoms with E-state index in [9.17, 15) is 0 Å². The molecule has 0 saturated heterocycles. The number of aromatic amines is 1. The van der Waals surface area contributed by atoms with Gasteiger partial charge in [0.25, 0.3) is 0 Å². The summed E-state index contributed by atoms with van der Waals surface area (Å²) >= 11 is 3.52. The van der Waals surface area contributed by atoms with Crippen LogP contribution >= 0.6 is 15.9 Å². The number of H-pyrrole nitrogens is 1. The topological polar surface area (TPSA) is 42.3 Å². The second kappa shape index (κ2) is 3.89. The number of nitrogens with zero attached hydrogens (tertiary/aromatic N) is 2. The fourth-order valence-corrected chi connectivity index (χ4v) is 3.41. The van der Waals surface area contributed by atoms with E-state index in [0.717, 1.165) is 39.0 Å². The van der Waals surface area contributed by atoms with Crippen molar-refractivity contribution in [2.45, 2.75) is 6.42 Å². The summed E-state index contributed by atoms with van der Waals surface area (Å²) < 4.78 is 9.22. The Bertz CT molecular complexity index is 1020. The number of rotatable bonds is 0. The Balaban J connectivity index is 1.83. The fourth-order valence-electron chi connectivity index (χ4n) is 3.00. The minimum absolute atomic E-state index is 0.707. The van der Waals surface area contributed by atoms with Crippen molar-refractivity contribution in [3.8, 4) is 11.6 Å². The Kier molecular flexibility index (Phi) is 2.11. The molecule has 5 rings (SSSR count). The van der Waals surface area contributed by atoms with Crippen molar-refractivity contribution < 1.29 is 4.74 Å². The summed E-state index contributed by atoms with van der Waals surface area (Å²) in [6.07, 6.45) is 2.76. The second-order valence-corrected chi connectivity index (χ2v) is 6.11. The molecule has 0 atom stereocenters. The van der Waals surface area contributed by atoms with Gasteiger partial charge in [0, 0.05) is 22.7 Å². The third kappa shape index (κ3) is 1.52. The lowest BCUT2D eigenvalue weighted by molar-refractivity contribution is 0.443. The number of nitrogens with one attached hydrogen (secondary N) is 1. The summed E-state index contributed by atoms with van der Waals surface area (Å²) in [7, 11) is 0. The lowest BCUT2D eigenvalue weighted by Crippen LogP contribution is -2.04. The molecule has 0 bridgehead atoms. The number of halogens is 1. The van der Waals surface area contributed by atoms with Crippen LogP contribution in [0.25, 0.3) is 16.7 Å². The highest BCUT2D eigenvalue weighted by Crippen LogP contribution is 2.38. The molecule has 1 aromatic carbocycles. The van der Waals surface area contributed by atoms with E-state index in [2.05, 4.69) is 42.4 Å². The van der Waals surface area contributed by atoms with Gasteiger partial charge in [-0.3, -0.25) is 4.40 Å². The van der Waals surface area contributed by atoms with Crippen molar-refractivity contribution in [1.29, 1.82) is 0 Å². The van der Waals surface area contributed by atoms with Gasteiger partial charge in [-0.25, -0.2) is 0 Å². The van der Waals surface area contributed by atoms with Crippen molar-refractivity contribution in [2.75, 3.05) is 0 Å². The van der Waals surface area contributed by atoms with Crippen LogP contribution in [0, 0.1) is 0 Å². The SMILES string of the molecule is Brc1ccc2c(c1)Cc1c(nc3ccc4[nH]ccc4n13)O2. The third-order valence-electron chi connectivity index (χ3n) is 3.95. The Morgan fingerprint density at radius 1 is 1.19 bits per heavy atom. The van der Waals surface area contributed by atoms with E-state index in [1.165, 1.54) is 5.56 Å². The van der Waals surface area contributed by atoms with Crippen LogP contribution in [0.2, 0.25) is 0 Å². The average molecular weight is 340 g/mol. The minimum atomic E-state index is 0.707. The molecule has 0 saturated carbocycles. The van der Waals surface area contributed by atoms with E-state index in [4.69, 9.17) is 4.74 Å². The van der Waals surface area contributed by atoms with E-state index in [0.29, 0.717) is 5.88 Å². The third-order valence-corrected chi connectivity index (χ3v) is 4.44. The first-order chi connectivity index (χ1) is 10.3. The molecule has 4 nitrogen and oxygen atoms in total. The lowest BCUT2D eigenvalue weighted by atomic mass is 10.1. The zero-order chi connectivity index (χ0) is 14.0. The number of hydrogen-bond acceptors (Lipinski definition) is 2. The maximum absolute atomic E-state index is 5.98. The molecule has 0 amide bonds. The normalized spacial score (nSPS) is 13.2. The van der Waals surface area contributed by atoms with Gasteiger partial charge in [-0.15, -0.1) is 0 Å². The van der Waals surface area contributed by atoms with Crippen LogP contribution in [0.5, 0.6) is 11.6 Å². The minimum Gasteiger partial charge on any atom is -0.437 e. The van der Waals surface area contributed by atoms with Crippen LogP contribution in [-0.2, 0) is 6.42 Å². The monoisotopic (exact) mass is 339 g/mol. The molecular weight excluding hydrogens is 330 g/mol. The predicted molar refractivity (Wildman–Crippen MR) is 84.1 cm³/mol. The van der Waals surface area contributed by atoms with E-state index >= 15 is 0 Å². The van der Waals surface area contributed by atoms with Gasteiger partial charge in [0.05, 0.1) is 16.7 Å². The molecule has 0 unspecified atom stereocenters. The van der Waals surface area contributed by atoms with Crippen molar-refractivity contribution in [3.05, 3.63) is 58.3 Å². The Labute approximate surface area is 128 Å². The summed E-state index contributed by atoms with van der Waals surface area (Å²) in [4.78, 5) is 7.86. The first-order valence-corrected chi connectivity index (χ1v) is 7.52. The number of pyridine rings is 1. The first-order valence-electron chi connectivity index (χ1n) is 6.73. The summed E-state index contributed by atoms with van der Waals surface area (Å²) in [6.45, 7) is 0. The van der Waals surface area contributed by atoms with Crippen LogP contribution in [0.3, 0.4) is 0 Å². The van der Waals surface area contributed by atoms with Gasteiger partial charge < -0.3 is 9.72 Å². The smallest absolute Gasteiger partial charge is 0.241 e. The molecule has 102 valence electrons. The quantitative estimate of drug-likeness (QED) is 0.457. The molecular formula is C16H10BrN3O. The van der Waals surface area contributed by atoms with Gasteiger partial charge in [-0.2, -0.15) is 4.98 Å². The molecule has 21 heavy (non-hydrogen) atoms. The number of aromatic nitrogens is 3. The standard InChI is InChI=1S/C16H10BrN3O/c17-10-1-3-14-9(7-10)8-13-16(21-14)19-15-4-2-11-12(20(13)15)5-6-18-11/h1-7,18H,8H2. The zero-order valence-electron chi connectivity index (χ0n) is 10.9. The largest absolute Gasteiger partial charge is 0.437 e. The number of imidazole rings is 1. The number of ether oxygens (including phenoxy) is 1. The van der Waals surface area contributed by atoms with Gasteiger partial charge in [-0.05, 0) is 36.4 Å². The molecule has 5 heteroatoms. The van der Waals surface area contributed by atoms with Gasteiger partial charge >= 0.3 is 0 Å². The fraction of sp³-hybridized carbons (Fsp3) is 0.0625. The van der Waals surface area contributed by atoms with Crippen LogP contribution < -0.4 is 4.74 Å². The summed E-state index contributed by atoms with van der Waals surface area (Å²) in [6, 6.07) is 12.2.